The monoisotopic (exact) mass is 144 g/mol. The molecule has 0 aromatic heterocycles. The molecule has 1 rings (SSSR count). The fourth-order valence-corrected chi connectivity index (χ4v) is 1.10. The molecule has 0 radical (unpaired) electrons. The minimum atomic E-state index is -0.801. The third kappa shape index (κ3) is 0.892. The number of carbonyl (C=O) groups is 1. The summed E-state index contributed by atoms with van der Waals surface area (Å²) in [6.07, 6.45) is 1.36. The Bertz CT molecular complexity index is 154. The molecule has 0 aromatic carbocycles. The van der Waals surface area contributed by atoms with Crippen molar-refractivity contribution in [3.63, 3.8) is 0 Å². The molecule has 1 saturated carbocycles. The second kappa shape index (κ2) is 2.21. The van der Waals surface area contributed by atoms with Gasteiger partial charge in [0.05, 0.1) is 5.41 Å². The molecule has 5 N–H and O–H groups in total. The van der Waals surface area contributed by atoms with Crippen molar-refractivity contribution in [3.05, 3.63) is 0 Å². The van der Waals surface area contributed by atoms with Crippen molar-refractivity contribution in [2.24, 2.45) is 16.9 Å². The molecule has 4 heteroatoms. The molecule has 0 heterocycles. The molecule has 1 atom stereocenters. The van der Waals surface area contributed by atoms with E-state index in [4.69, 9.17) is 16.6 Å². The highest BCUT2D eigenvalue weighted by molar-refractivity contribution is 5.78. The van der Waals surface area contributed by atoms with Gasteiger partial charge in [0.2, 0.25) is 0 Å². The van der Waals surface area contributed by atoms with E-state index in [9.17, 15) is 4.79 Å². The minimum absolute atomic E-state index is 0.256. The summed E-state index contributed by atoms with van der Waals surface area (Å²) in [6, 6.07) is -0.370. The van der Waals surface area contributed by atoms with Crippen LogP contribution in [0.5, 0.6) is 0 Å². The average molecular weight is 144 g/mol. The zero-order chi connectivity index (χ0) is 7.78. The van der Waals surface area contributed by atoms with Gasteiger partial charge in [0.25, 0.3) is 0 Å². The lowest BCUT2D eigenvalue weighted by Gasteiger charge is -2.15. The van der Waals surface area contributed by atoms with Gasteiger partial charge >= 0.3 is 5.97 Å². The summed E-state index contributed by atoms with van der Waals surface area (Å²) in [6.45, 7) is 0.256. The van der Waals surface area contributed by atoms with Crippen molar-refractivity contribution in [3.8, 4) is 0 Å². The van der Waals surface area contributed by atoms with Gasteiger partial charge in [-0.05, 0) is 12.8 Å². The van der Waals surface area contributed by atoms with E-state index in [1.807, 2.05) is 0 Å². The zero-order valence-corrected chi connectivity index (χ0v) is 5.71. The Morgan fingerprint density at radius 1 is 1.70 bits per heavy atom. The molecule has 4 nitrogen and oxygen atoms in total. The summed E-state index contributed by atoms with van der Waals surface area (Å²) in [5.74, 6) is -0.801. The van der Waals surface area contributed by atoms with Gasteiger partial charge in [-0.3, -0.25) is 4.79 Å². The van der Waals surface area contributed by atoms with E-state index in [-0.39, 0.29) is 12.6 Å². The molecule has 0 saturated heterocycles. The molecule has 1 unspecified atom stereocenters. The average Bonchev–Trinajstić information content (AvgIpc) is 2.65. The van der Waals surface area contributed by atoms with Gasteiger partial charge in [-0.25, -0.2) is 0 Å². The van der Waals surface area contributed by atoms with E-state index in [0.29, 0.717) is 12.8 Å². The van der Waals surface area contributed by atoms with Crippen LogP contribution in [-0.4, -0.2) is 23.7 Å². The van der Waals surface area contributed by atoms with Crippen molar-refractivity contribution >= 4 is 5.97 Å². The van der Waals surface area contributed by atoms with Crippen molar-refractivity contribution in [1.29, 1.82) is 0 Å². The maximum atomic E-state index is 10.5. The number of aliphatic carboxylic acids is 1. The topological polar surface area (TPSA) is 89.3 Å². The zero-order valence-electron chi connectivity index (χ0n) is 5.71. The fourth-order valence-electron chi connectivity index (χ4n) is 1.10. The van der Waals surface area contributed by atoms with Crippen molar-refractivity contribution in [2.45, 2.75) is 18.9 Å². The first-order chi connectivity index (χ1) is 4.63. The van der Waals surface area contributed by atoms with Crippen LogP contribution in [0.15, 0.2) is 0 Å². The molecule has 0 spiro atoms. The highest BCUT2D eigenvalue weighted by Crippen LogP contribution is 2.47. The van der Waals surface area contributed by atoms with E-state index < -0.39 is 11.4 Å². The van der Waals surface area contributed by atoms with Crippen LogP contribution in [-0.2, 0) is 4.79 Å². The number of carboxylic acids is 1. The number of nitrogens with two attached hydrogens (primary N) is 2. The van der Waals surface area contributed by atoms with Crippen LogP contribution in [0.4, 0.5) is 0 Å². The Morgan fingerprint density at radius 2 is 2.20 bits per heavy atom. The quantitative estimate of drug-likeness (QED) is 0.480. The van der Waals surface area contributed by atoms with E-state index in [0.717, 1.165) is 0 Å². The first kappa shape index (κ1) is 7.50. The van der Waals surface area contributed by atoms with E-state index in [1.165, 1.54) is 0 Å². The van der Waals surface area contributed by atoms with Gasteiger partial charge in [-0.15, -0.1) is 0 Å². The van der Waals surface area contributed by atoms with Crippen LogP contribution in [0.2, 0.25) is 0 Å². The Morgan fingerprint density at radius 3 is 2.30 bits per heavy atom. The van der Waals surface area contributed by atoms with Gasteiger partial charge in [-0.1, -0.05) is 0 Å². The third-order valence-electron chi connectivity index (χ3n) is 2.18. The number of carboxylic acid groups (broad SMARTS) is 1. The van der Waals surface area contributed by atoms with Crippen LogP contribution in [0.25, 0.3) is 0 Å². The van der Waals surface area contributed by atoms with Crippen molar-refractivity contribution in [1.82, 2.24) is 0 Å². The first-order valence-corrected chi connectivity index (χ1v) is 3.32. The molecule has 0 bridgehead atoms. The SMILES string of the molecule is NCC(N)C1(C(=O)O)CC1. The minimum Gasteiger partial charge on any atom is -0.481 e. The standard InChI is InChI=1S/C6H12N2O2/c7-3-4(8)6(1-2-6)5(9)10/h4H,1-3,7-8H2,(H,9,10). The van der Waals surface area contributed by atoms with Crippen LogP contribution in [0, 0.1) is 5.41 Å². The van der Waals surface area contributed by atoms with Crippen LogP contribution in [0.3, 0.4) is 0 Å². The van der Waals surface area contributed by atoms with E-state index >= 15 is 0 Å². The first-order valence-electron chi connectivity index (χ1n) is 3.32. The summed E-state index contributed by atoms with van der Waals surface area (Å²) < 4.78 is 0. The second-order valence-electron chi connectivity index (χ2n) is 2.80. The largest absolute Gasteiger partial charge is 0.481 e. The predicted molar refractivity (Wildman–Crippen MR) is 36.3 cm³/mol. The summed E-state index contributed by atoms with van der Waals surface area (Å²) in [4.78, 5) is 10.5. The van der Waals surface area contributed by atoms with Crippen molar-refractivity contribution < 1.29 is 9.90 Å². The maximum Gasteiger partial charge on any atom is 0.311 e. The molecular formula is C6H12N2O2. The fraction of sp³-hybridized carbons (Fsp3) is 0.833. The molecule has 1 fully saturated rings. The van der Waals surface area contributed by atoms with E-state index in [1.54, 1.807) is 0 Å². The summed E-state index contributed by atoms with van der Waals surface area (Å²) in [5.41, 5.74) is 10.1. The van der Waals surface area contributed by atoms with Crippen LogP contribution >= 0.6 is 0 Å². The lowest BCUT2D eigenvalue weighted by molar-refractivity contribution is -0.144. The summed E-state index contributed by atoms with van der Waals surface area (Å²) in [5, 5.41) is 8.67. The van der Waals surface area contributed by atoms with Crippen molar-refractivity contribution in [2.75, 3.05) is 6.54 Å². The lowest BCUT2D eigenvalue weighted by Crippen LogP contribution is -2.42. The maximum absolute atomic E-state index is 10.5. The van der Waals surface area contributed by atoms with Gasteiger partial charge in [0.1, 0.15) is 0 Å². The van der Waals surface area contributed by atoms with Gasteiger partial charge in [-0.2, -0.15) is 0 Å². The highest BCUT2D eigenvalue weighted by atomic mass is 16.4. The van der Waals surface area contributed by atoms with Gasteiger partial charge in [0.15, 0.2) is 0 Å². The molecule has 1 aliphatic rings. The second-order valence-corrected chi connectivity index (χ2v) is 2.80. The molecule has 58 valence electrons. The summed E-state index contributed by atoms with van der Waals surface area (Å²) >= 11 is 0. The van der Waals surface area contributed by atoms with Gasteiger partial charge < -0.3 is 16.6 Å². The number of rotatable bonds is 3. The smallest absolute Gasteiger partial charge is 0.311 e. The predicted octanol–water partition coefficient (Wildman–Crippen LogP) is -0.863. The number of hydrogen-bond acceptors (Lipinski definition) is 3. The number of hydrogen-bond donors (Lipinski definition) is 3. The Balaban J connectivity index is 2.60. The molecular weight excluding hydrogens is 132 g/mol. The van der Waals surface area contributed by atoms with Crippen LogP contribution < -0.4 is 11.5 Å². The Kier molecular flexibility index (Phi) is 1.66. The van der Waals surface area contributed by atoms with E-state index in [2.05, 4.69) is 0 Å². The molecule has 0 aliphatic heterocycles. The Hall–Kier alpha value is -0.610. The summed E-state index contributed by atoms with van der Waals surface area (Å²) in [7, 11) is 0. The molecule has 0 amide bonds. The molecule has 1 aliphatic carbocycles. The molecule has 10 heavy (non-hydrogen) atoms. The molecule has 0 aromatic rings. The Labute approximate surface area is 59.2 Å². The van der Waals surface area contributed by atoms with Crippen LogP contribution in [0.1, 0.15) is 12.8 Å². The highest BCUT2D eigenvalue weighted by Gasteiger charge is 2.54. The van der Waals surface area contributed by atoms with Gasteiger partial charge in [0, 0.05) is 12.6 Å². The normalized spacial score (nSPS) is 23.8. The lowest BCUT2D eigenvalue weighted by atomic mass is 9.98. The third-order valence-corrected chi connectivity index (χ3v) is 2.18.